The normalized spacial score (nSPS) is 16.4. The van der Waals surface area contributed by atoms with Gasteiger partial charge in [0.2, 0.25) is 5.91 Å². The van der Waals surface area contributed by atoms with E-state index in [-0.39, 0.29) is 5.91 Å². The zero-order valence-electron chi connectivity index (χ0n) is 8.29. The van der Waals surface area contributed by atoms with Crippen LogP contribution in [-0.4, -0.2) is 12.5 Å². The van der Waals surface area contributed by atoms with Crippen LogP contribution in [0, 0.1) is 6.92 Å². The molecule has 1 amide bonds. The first kappa shape index (κ1) is 9.06. The Kier molecular flexibility index (Phi) is 2.15. The number of hydrogen-bond donors (Lipinski definition) is 1. The van der Waals surface area contributed by atoms with Gasteiger partial charge in [-0.3, -0.25) is 4.79 Å². The molecule has 3 heteroatoms. The number of anilines is 2. The smallest absolute Gasteiger partial charge is 0.227 e. The number of nitrogens with two attached hydrogens (primary N) is 1. The lowest BCUT2D eigenvalue weighted by molar-refractivity contribution is -0.117. The molecule has 0 atom stereocenters. The van der Waals surface area contributed by atoms with Gasteiger partial charge in [0.1, 0.15) is 0 Å². The molecular weight excluding hydrogens is 176 g/mol. The van der Waals surface area contributed by atoms with E-state index in [1.165, 1.54) is 0 Å². The first-order valence-corrected chi connectivity index (χ1v) is 4.85. The van der Waals surface area contributed by atoms with E-state index < -0.39 is 0 Å². The van der Waals surface area contributed by atoms with Crippen LogP contribution in [0.3, 0.4) is 0 Å². The number of carbonyl (C=O) groups excluding carboxylic acids is 1. The van der Waals surface area contributed by atoms with Crippen molar-refractivity contribution in [2.75, 3.05) is 17.2 Å². The molecule has 0 aliphatic carbocycles. The highest BCUT2D eigenvalue weighted by atomic mass is 16.2. The van der Waals surface area contributed by atoms with Crippen molar-refractivity contribution in [1.29, 1.82) is 0 Å². The maximum Gasteiger partial charge on any atom is 0.227 e. The summed E-state index contributed by atoms with van der Waals surface area (Å²) in [5.74, 6) is 0.207. The molecule has 0 radical (unpaired) electrons. The van der Waals surface area contributed by atoms with Gasteiger partial charge in [0, 0.05) is 24.3 Å². The van der Waals surface area contributed by atoms with E-state index in [0.29, 0.717) is 6.42 Å². The van der Waals surface area contributed by atoms with Gasteiger partial charge in [0.05, 0.1) is 0 Å². The molecular formula is C11H14N2O. The van der Waals surface area contributed by atoms with Gasteiger partial charge >= 0.3 is 0 Å². The Morgan fingerprint density at radius 3 is 2.86 bits per heavy atom. The lowest BCUT2D eigenvalue weighted by atomic mass is 10.1. The fourth-order valence-corrected chi connectivity index (χ4v) is 1.84. The lowest BCUT2D eigenvalue weighted by Gasteiger charge is -2.18. The second-order valence-electron chi connectivity index (χ2n) is 3.64. The van der Waals surface area contributed by atoms with E-state index in [1.54, 1.807) is 0 Å². The fraction of sp³-hybridized carbons (Fsp3) is 0.364. The van der Waals surface area contributed by atoms with E-state index in [0.717, 1.165) is 29.9 Å². The van der Waals surface area contributed by atoms with Gasteiger partial charge < -0.3 is 10.6 Å². The molecule has 3 nitrogen and oxygen atoms in total. The molecule has 0 bridgehead atoms. The first-order chi connectivity index (χ1) is 6.70. The summed E-state index contributed by atoms with van der Waals surface area (Å²) in [5.41, 5.74) is 8.52. The average Bonchev–Trinajstić information content (AvgIpc) is 2.57. The molecule has 14 heavy (non-hydrogen) atoms. The monoisotopic (exact) mass is 190 g/mol. The predicted octanol–water partition coefficient (Wildman–Crippen LogP) is 1.70. The highest BCUT2D eigenvalue weighted by molar-refractivity contribution is 5.96. The zero-order valence-corrected chi connectivity index (χ0v) is 8.29. The van der Waals surface area contributed by atoms with E-state index in [4.69, 9.17) is 5.73 Å². The van der Waals surface area contributed by atoms with E-state index in [2.05, 4.69) is 0 Å². The highest BCUT2D eigenvalue weighted by Crippen LogP contribution is 2.28. The Hall–Kier alpha value is -1.51. The average molecular weight is 190 g/mol. The number of carbonyl (C=O) groups is 1. The Morgan fingerprint density at radius 2 is 2.21 bits per heavy atom. The third kappa shape index (κ3) is 1.35. The van der Waals surface area contributed by atoms with Gasteiger partial charge in [-0.05, 0) is 31.0 Å². The standard InChI is InChI=1S/C11H14N2O/c1-8-9(12)4-2-5-10(8)13-7-3-6-11(13)14/h2,4-5H,3,6-7,12H2,1H3. The molecule has 1 heterocycles. The minimum atomic E-state index is 0.207. The molecule has 2 rings (SSSR count). The SMILES string of the molecule is Cc1c(N)cccc1N1CCCC1=O. The highest BCUT2D eigenvalue weighted by Gasteiger charge is 2.23. The summed E-state index contributed by atoms with van der Waals surface area (Å²) in [6.45, 7) is 2.78. The quantitative estimate of drug-likeness (QED) is 0.685. The molecule has 1 aliphatic rings. The van der Waals surface area contributed by atoms with Crippen LogP contribution >= 0.6 is 0 Å². The lowest BCUT2D eigenvalue weighted by Crippen LogP contribution is -2.24. The van der Waals surface area contributed by atoms with Crippen LogP contribution in [0.1, 0.15) is 18.4 Å². The van der Waals surface area contributed by atoms with E-state index >= 15 is 0 Å². The minimum Gasteiger partial charge on any atom is -0.398 e. The van der Waals surface area contributed by atoms with Crippen molar-refractivity contribution in [3.8, 4) is 0 Å². The molecule has 1 saturated heterocycles. The number of hydrogen-bond acceptors (Lipinski definition) is 2. The van der Waals surface area contributed by atoms with Gasteiger partial charge in [0.15, 0.2) is 0 Å². The van der Waals surface area contributed by atoms with Crippen molar-refractivity contribution >= 4 is 17.3 Å². The predicted molar refractivity (Wildman–Crippen MR) is 57.2 cm³/mol. The molecule has 1 aromatic rings. The van der Waals surface area contributed by atoms with Crippen molar-refractivity contribution in [2.45, 2.75) is 19.8 Å². The van der Waals surface area contributed by atoms with Crippen LogP contribution in [0.2, 0.25) is 0 Å². The van der Waals surface area contributed by atoms with Crippen LogP contribution in [0.15, 0.2) is 18.2 Å². The number of nitrogens with zero attached hydrogens (tertiary/aromatic N) is 1. The molecule has 0 spiro atoms. The van der Waals surface area contributed by atoms with Crippen LogP contribution in [-0.2, 0) is 4.79 Å². The van der Waals surface area contributed by atoms with E-state index in [9.17, 15) is 4.79 Å². The first-order valence-electron chi connectivity index (χ1n) is 4.85. The number of nitrogen functional groups attached to an aromatic ring is 1. The fourth-order valence-electron chi connectivity index (χ4n) is 1.84. The van der Waals surface area contributed by atoms with Gasteiger partial charge in [0.25, 0.3) is 0 Å². The second-order valence-corrected chi connectivity index (χ2v) is 3.64. The molecule has 1 aromatic carbocycles. The second kappa shape index (κ2) is 3.33. The number of benzene rings is 1. The summed E-state index contributed by atoms with van der Waals surface area (Å²) in [7, 11) is 0. The third-order valence-electron chi connectivity index (χ3n) is 2.71. The Bertz CT molecular complexity index is 374. The van der Waals surface area contributed by atoms with Gasteiger partial charge in [-0.1, -0.05) is 6.07 Å². The minimum absolute atomic E-state index is 0.207. The van der Waals surface area contributed by atoms with Crippen LogP contribution in [0.4, 0.5) is 11.4 Å². The van der Waals surface area contributed by atoms with Crippen molar-refractivity contribution in [2.24, 2.45) is 0 Å². The van der Waals surface area contributed by atoms with Gasteiger partial charge in [-0.2, -0.15) is 0 Å². The summed E-state index contributed by atoms with van der Waals surface area (Å²) in [6, 6.07) is 5.71. The number of rotatable bonds is 1. The number of amides is 1. The summed E-state index contributed by atoms with van der Waals surface area (Å²) in [4.78, 5) is 13.3. The summed E-state index contributed by atoms with van der Waals surface area (Å²) in [6.07, 6.45) is 1.61. The van der Waals surface area contributed by atoms with Crippen molar-refractivity contribution < 1.29 is 4.79 Å². The summed E-state index contributed by atoms with van der Waals surface area (Å²) in [5, 5.41) is 0. The molecule has 0 aromatic heterocycles. The Labute approximate surface area is 83.5 Å². The summed E-state index contributed by atoms with van der Waals surface area (Å²) >= 11 is 0. The third-order valence-corrected chi connectivity index (χ3v) is 2.71. The molecule has 1 aliphatic heterocycles. The Morgan fingerprint density at radius 1 is 1.43 bits per heavy atom. The molecule has 0 saturated carbocycles. The van der Waals surface area contributed by atoms with Crippen LogP contribution in [0.25, 0.3) is 0 Å². The van der Waals surface area contributed by atoms with Gasteiger partial charge in [-0.15, -0.1) is 0 Å². The van der Waals surface area contributed by atoms with Crippen molar-refractivity contribution in [3.05, 3.63) is 23.8 Å². The van der Waals surface area contributed by atoms with E-state index in [1.807, 2.05) is 30.0 Å². The zero-order chi connectivity index (χ0) is 10.1. The maximum atomic E-state index is 11.5. The van der Waals surface area contributed by atoms with Crippen molar-refractivity contribution in [3.63, 3.8) is 0 Å². The Balaban J connectivity index is 2.41. The molecule has 74 valence electrons. The molecule has 0 unspecified atom stereocenters. The summed E-state index contributed by atoms with van der Waals surface area (Å²) < 4.78 is 0. The topological polar surface area (TPSA) is 46.3 Å². The van der Waals surface area contributed by atoms with Crippen LogP contribution in [0.5, 0.6) is 0 Å². The van der Waals surface area contributed by atoms with Crippen molar-refractivity contribution in [1.82, 2.24) is 0 Å². The molecule has 1 fully saturated rings. The van der Waals surface area contributed by atoms with Crippen LogP contribution < -0.4 is 10.6 Å². The molecule has 2 N–H and O–H groups in total. The maximum absolute atomic E-state index is 11.5. The van der Waals surface area contributed by atoms with Gasteiger partial charge in [-0.25, -0.2) is 0 Å². The largest absolute Gasteiger partial charge is 0.398 e.